The number of aryl methyl sites for hydroxylation is 1. The Kier molecular flexibility index (Phi) is 5.28. The molecule has 15 heavy (non-hydrogen) atoms. The topological polar surface area (TPSA) is 26.2 Å². The van der Waals surface area contributed by atoms with Gasteiger partial charge in [-0.05, 0) is 12.1 Å². The van der Waals surface area contributed by atoms with Gasteiger partial charge < -0.3 is 14.6 Å². The first kappa shape index (κ1) is 12.1. The van der Waals surface area contributed by atoms with E-state index in [2.05, 4.69) is 5.32 Å². The molecule has 0 fully saturated rings. The molecule has 0 bridgehead atoms. The van der Waals surface area contributed by atoms with Crippen molar-refractivity contribution in [3.63, 3.8) is 0 Å². The molecule has 0 aliphatic heterocycles. The Morgan fingerprint density at radius 1 is 1.53 bits per heavy atom. The summed E-state index contributed by atoms with van der Waals surface area (Å²) in [6.07, 6.45) is -0.414. The van der Waals surface area contributed by atoms with Crippen LogP contribution >= 0.6 is 0 Å². The SMILES string of the molecule is Cn1cccc1CNCCOCC(F)F. The lowest BCUT2D eigenvalue weighted by atomic mass is 10.4. The predicted molar refractivity (Wildman–Crippen MR) is 53.9 cm³/mol. The molecule has 0 saturated carbocycles. The second kappa shape index (κ2) is 6.53. The molecule has 1 N–H and O–H groups in total. The molecule has 1 rings (SSSR count). The minimum absolute atomic E-state index is 0.314. The summed E-state index contributed by atoms with van der Waals surface area (Å²) in [6.45, 7) is 1.14. The van der Waals surface area contributed by atoms with Crippen molar-refractivity contribution in [1.29, 1.82) is 0 Å². The zero-order valence-electron chi connectivity index (χ0n) is 8.75. The monoisotopic (exact) mass is 218 g/mol. The van der Waals surface area contributed by atoms with E-state index in [0.717, 1.165) is 12.2 Å². The lowest BCUT2D eigenvalue weighted by Gasteiger charge is -2.06. The number of alkyl halides is 2. The highest BCUT2D eigenvalue weighted by molar-refractivity contribution is 5.05. The zero-order valence-corrected chi connectivity index (χ0v) is 8.75. The molecule has 1 heterocycles. The van der Waals surface area contributed by atoms with Crippen LogP contribution in [0.4, 0.5) is 8.78 Å². The third-order valence-corrected chi connectivity index (χ3v) is 2.02. The van der Waals surface area contributed by atoms with Crippen LogP contribution in [0.1, 0.15) is 5.69 Å². The Balaban J connectivity index is 2.00. The smallest absolute Gasteiger partial charge is 0.261 e. The molecule has 0 saturated heterocycles. The number of rotatable bonds is 7. The van der Waals surface area contributed by atoms with E-state index < -0.39 is 13.0 Å². The van der Waals surface area contributed by atoms with E-state index in [1.807, 2.05) is 29.9 Å². The van der Waals surface area contributed by atoms with E-state index in [1.54, 1.807) is 0 Å². The Bertz CT molecular complexity index is 276. The maximum absolute atomic E-state index is 11.7. The van der Waals surface area contributed by atoms with Gasteiger partial charge in [0.25, 0.3) is 6.43 Å². The van der Waals surface area contributed by atoms with Gasteiger partial charge in [0.1, 0.15) is 6.61 Å². The highest BCUT2D eigenvalue weighted by Gasteiger charge is 2.01. The molecular weight excluding hydrogens is 202 g/mol. The summed E-state index contributed by atoms with van der Waals surface area (Å²) < 4.78 is 30.1. The number of hydrogen-bond acceptors (Lipinski definition) is 2. The van der Waals surface area contributed by atoms with Crippen molar-refractivity contribution in [2.45, 2.75) is 13.0 Å². The van der Waals surface area contributed by atoms with Gasteiger partial charge in [0.15, 0.2) is 0 Å². The largest absolute Gasteiger partial charge is 0.374 e. The molecular formula is C10H16F2N2O. The lowest BCUT2D eigenvalue weighted by Crippen LogP contribution is -2.21. The summed E-state index contributed by atoms with van der Waals surface area (Å²) in [5.41, 5.74) is 1.16. The normalized spacial score (nSPS) is 11.2. The van der Waals surface area contributed by atoms with Gasteiger partial charge in [-0.1, -0.05) is 0 Å². The summed E-state index contributed by atoms with van der Waals surface area (Å²) >= 11 is 0. The van der Waals surface area contributed by atoms with Crippen molar-refractivity contribution in [1.82, 2.24) is 9.88 Å². The van der Waals surface area contributed by atoms with E-state index in [-0.39, 0.29) is 0 Å². The van der Waals surface area contributed by atoms with Gasteiger partial charge >= 0.3 is 0 Å². The van der Waals surface area contributed by atoms with Gasteiger partial charge in [0, 0.05) is 32.0 Å². The fourth-order valence-corrected chi connectivity index (χ4v) is 1.21. The highest BCUT2D eigenvalue weighted by atomic mass is 19.3. The van der Waals surface area contributed by atoms with Crippen LogP contribution in [0.5, 0.6) is 0 Å². The Morgan fingerprint density at radius 2 is 2.33 bits per heavy atom. The standard InChI is InChI=1S/C10H16F2N2O/c1-14-5-2-3-9(14)7-13-4-6-15-8-10(11)12/h2-3,5,10,13H,4,6-8H2,1H3. The van der Waals surface area contributed by atoms with Gasteiger partial charge in [-0.3, -0.25) is 0 Å². The van der Waals surface area contributed by atoms with Crippen molar-refractivity contribution < 1.29 is 13.5 Å². The Morgan fingerprint density at radius 3 is 2.93 bits per heavy atom. The van der Waals surface area contributed by atoms with E-state index in [9.17, 15) is 8.78 Å². The summed E-state index contributed by atoms with van der Waals surface area (Å²) in [6, 6.07) is 3.97. The van der Waals surface area contributed by atoms with Crippen molar-refractivity contribution >= 4 is 0 Å². The molecule has 0 aliphatic rings. The second-order valence-corrected chi connectivity index (χ2v) is 3.25. The van der Waals surface area contributed by atoms with E-state index >= 15 is 0 Å². The maximum Gasteiger partial charge on any atom is 0.261 e. The van der Waals surface area contributed by atoms with Crippen molar-refractivity contribution in [3.8, 4) is 0 Å². The molecule has 0 aromatic carbocycles. The molecule has 0 atom stereocenters. The summed E-state index contributed by atoms with van der Waals surface area (Å²) in [5.74, 6) is 0. The van der Waals surface area contributed by atoms with Crippen molar-refractivity contribution in [2.75, 3.05) is 19.8 Å². The van der Waals surface area contributed by atoms with Gasteiger partial charge in [-0.25, -0.2) is 8.78 Å². The van der Waals surface area contributed by atoms with Crippen LogP contribution in [0, 0.1) is 0 Å². The average Bonchev–Trinajstić information content (AvgIpc) is 2.57. The highest BCUT2D eigenvalue weighted by Crippen LogP contribution is 1.98. The van der Waals surface area contributed by atoms with E-state index in [4.69, 9.17) is 4.74 Å². The number of hydrogen-bond donors (Lipinski definition) is 1. The first-order chi connectivity index (χ1) is 7.20. The van der Waals surface area contributed by atoms with Crippen LogP contribution in [0.25, 0.3) is 0 Å². The van der Waals surface area contributed by atoms with Crippen LogP contribution < -0.4 is 5.32 Å². The molecule has 0 spiro atoms. The summed E-state index contributed by atoms with van der Waals surface area (Å²) in [4.78, 5) is 0. The number of ether oxygens (including phenoxy) is 1. The third-order valence-electron chi connectivity index (χ3n) is 2.02. The molecule has 0 unspecified atom stereocenters. The minimum Gasteiger partial charge on any atom is -0.374 e. The minimum atomic E-state index is -2.38. The molecule has 1 aromatic heterocycles. The van der Waals surface area contributed by atoms with Gasteiger partial charge in [-0.2, -0.15) is 0 Å². The Hall–Kier alpha value is -0.940. The molecule has 86 valence electrons. The van der Waals surface area contributed by atoms with Crippen LogP contribution in [0.3, 0.4) is 0 Å². The van der Waals surface area contributed by atoms with Gasteiger partial charge in [-0.15, -0.1) is 0 Å². The third kappa shape index (κ3) is 4.90. The lowest BCUT2D eigenvalue weighted by molar-refractivity contribution is 0.0187. The zero-order chi connectivity index (χ0) is 11.1. The number of halogens is 2. The van der Waals surface area contributed by atoms with Crippen LogP contribution in [-0.4, -0.2) is 30.8 Å². The number of nitrogens with one attached hydrogen (secondary N) is 1. The van der Waals surface area contributed by atoms with Gasteiger partial charge in [0.05, 0.1) is 6.61 Å². The molecule has 0 radical (unpaired) electrons. The summed E-state index contributed by atoms with van der Waals surface area (Å²) in [5, 5.41) is 3.11. The van der Waals surface area contributed by atoms with Crippen LogP contribution in [-0.2, 0) is 18.3 Å². The summed E-state index contributed by atoms with van der Waals surface area (Å²) in [7, 11) is 1.96. The van der Waals surface area contributed by atoms with Crippen molar-refractivity contribution in [2.24, 2.45) is 7.05 Å². The Labute approximate surface area is 88.0 Å². The first-order valence-electron chi connectivity index (χ1n) is 4.87. The van der Waals surface area contributed by atoms with E-state index in [1.165, 1.54) is 0 Å². The fraction of sp³-hybridized carbons (Fsp3) is 0.600. The number of nitrogens with zero attached hydrogens (tertiary/aromatic N) is 1. The predicted octanol–water partition coefficient (Wildman–Crippen LogP) is 1.40. The average molecular weight is 218 g/mol. The first-order valence-corrected chi connectivity index (χ1v) is 4.87. The van der Waals surface area contributed by atoms with E-state index in [0.29, 0.717) is 13.2 Å². The fourth-order valence-electron chi connectivity index (χ4n) is 1.21. The van der Waals surface area contributed by atoms with Crippen LogP contribution in [0.15, 0.2) is 18.3 Å². The molecule has 1 aromatic rings. The number of aromatic nitrogens is 1. The molecule has 0 aliphatic carbocycles. The van der Waals surface area contributed by atoms with Crippen molar-refractivity contribution in [3.05, 3.63) is 24.0 Å². The van der Waals surface area contributed by atoms with Crippen LogP contribution in [0.2, 0.25) is 0 Å². The molecule has 3 nitrogen and oxygen atoms in total. The maximum atomic E-state index is 11.7. The molecule has 5 heteroatoms. The second-order valence-electron chi connectivity index (χ2n) is 3.25. The van der Waals surface area contributed by atoms with Gasteiger partial charge in [0.2, 0.25) is 0 Å². The quantitative estimate of drug-likeness (QED) is 0.700. The molecule has 0 amide bonds.